The lowest BCUT2D eigenvalue weighted by atomic mass is 10.0. The van der Waals surface area contributed by atoms with Gasteiger partial charge in [0, 0.05) is 95.1 Å². The van der Waals surface area contributed by atoms with Crippen molar-refractivity contribution in [2.24, 2.45) is 13.0 Å². The van der Waals surface area contributed by atoms with Gasteiger partial charge in [0.2, 0.25) is 29.6 Å². The summed E-state index contributed by atoms with van der Waals surface area (Å²) in [6.45, 7) is 7.22. The zero-order valence-electron chi connectivity index (χ0n) is 32.4. The van der Waals surface area contributed by atoms with Crippen molar-refractivity contribution < 1.29 is 19.2 Å². The number of aryl methyl sites for hydroxylation is 2. The Morgan fingerprint density at radius 1 is 0.964 bits per heavy atom. The second-order valence-electron chi connectivity index (χ2n) is 16.8. The minimum absolute atomic E-state index is 0.172. The normalized spacial score (nSPS) is 25.7. The number of rotatable bonds is 10. The third kappa shape index (κ3) is 6.80. The van der Waals surface area contributed by atoms with Crippen molar-refractivity contribution in [2.45, 2.75) is 108 Å². The van der Waals surface area contributed by atoms with Gasteiger partial charge in [-0.25, -0.2) is 18.4 Å². The van der Waals surface area contributed by atoms with Crippen LogP contribution in [-0.4, -0.2) is 108 Å². The Balaban J connectivity index is 0.715. The van der Waals surface area contributed by atoms with Crippen molar-refractivity contribution in [3.63, 3.8) is 0 Å². The monoisotopic (exact) mass is 784 g/mol. The number of carbonyl (C=O) groups is 4. The number of piperidine rings is 2. The molecule has 3 aromatic rings. The second-order valence-corrected chi connectivity index (χ2v) is 18.0. The number of nitrogens with one attached hydrogen (secondary N) is 2. The van der Waals surface area contributed by atoms with E-state index < -0.39 is 11.9 Å². The lowest BCUT2D eigenvalue weighted by Gasteiger charge is -2.38. The van der Waals surface area contributed by atoms with E-state index in [1.807, 2.05) is 34.2 Å². The van der Waals surface area contributed by atoms with Crippen LogP contribution in [0.5, 0.6) is 0 Å². The Bertz CT molecular complexity index is 2110. The molecule has 1 aromatic carbocycles. The molecule has 6 aliphatic rings. The molecule has 2 aromatic heterocycles. The molecule has 3 unspecified atom stereocenters. The van der Waals surface area contributed by atoms with Crippen LogP contribution in [-0.2, 0) is 38.1 Å². The maximum atomic E-state index is 13.6. The molecule has 5 fully saturated rings. The van der Waals surface area contributed by atoms with Crippen LogP contribution >= 0.6 is 12.1 Å². The molecule has 298 valence electrons. The van der Waals surface area contributed by atoms with Gasteiger partial charge in [0.15, 0.2) is 0 Å². The number of hydrogen-bond donors (Lipinski definition) is 2. The highest BCUT2D eigenvalue weighted by molar-refractivity contribution is 7.94. The number of anilines is 2. The highest BCUT2D eigenvalue weighted by atomic mass is 32.2. The van der Waals surface area contributed by atoms with Gasteiger partial charge >= 0.3 is 5.69 Å². The fourth-order valence-corrected chi connectivity index (χ4v) is 10.7. The Hall–Kier alpha value is -4.28. The smallest absolute Gasteiger partial charge is 0.329 e. The summed E-state index contributed by atoms with van der Waals surface area (Å²) >= 11 is 1.79. The van der Waals surface area contributed by atoms with E-state index in [0.717, 1.165) is 87.2 Å². The molecule has 9 rings (SSSR count). The average Bonchev–Trinajstić information content (AvgIpc) is 3.77. The largest absolute Gasteiger partial charge is 0.351 e. The van der Waals surface area contributed by atoms with Crippen molar-refractivity contribution in [3.8, 4) is 0 Å². The molecule has 2 saturated carbocycles. The third-order valence-electron chi connectivity index (χ3n) is 13.2. The van der Waals surface area contributed by atoms with Crippen LogP contribution < -0.4 is 21.2 Å². The Labute approximate surface area is 330 Å². The van der Waals surface area contributed by atoms with Crippen molar-refractivity contribution >= 4 is 58.6 Å². The molecular formula is C40H52N10O5S. The van der Waals surface area contributed by atoms with Gasteiger partial charge in [-0.15, -0.1) is 0 Å². The minimum atomic E-state index is -0.709. The molecule has 16 heteroatoms. The number of benzene rings is 1. The zero-order valence-corrected chi connectivity index (χ0v) is 33.2. The Kier molecular flexibility index (Phi) is 9.93. The summed E-state index contributed by atoms with van der Waals surface area (Å²) in [4.78, 5) is 77.8. The first-order chi connectivity index (χ1) is 27.1. The fourth-order valence-electron chi connectivity index (χ4n) is 9.67. The van der Waals surface area contributed by atoms with E-state index in [-0.39, 0.29) is 47.3 Å². The van der Waals surface area contributed by atoms with Crippen molar-refractivity contribution in [1.82, 2.24) is 37.9 Å². The zero-order chi connectivity index (χ0) is 38.7. The SMILES string of the molecule is CC1CCCC1N1C(=O)C2(CC2)c2cnc(NC3CCN(SN4CCN(C(=O)CCCc5ccc6c(c5)n(C)c(=O)n6C5CCC(=O)NC5=O)CC4)CC3)nc21. The Morgan fingerprint density at radius 3 is 2.45 bits per heavy atom. The van der Waals surface area contributed by atoms with Gasteiger partial charge in [0.25, 0.3) is 0 Å². The fraction of sp³-hybridized carbons (Fsp3) is 0.625. The predicted octanol–water partition coefficient (Wildman–Crippen LogP) is 3.28. The van der Waals surface area contributed by atoms with Gasteiger partial charge in [0.05, 0.1) is 16.4 Å². The molecule has 15 nitrogen and oxygen atoms in total. The number of hydrogen-bond acceptors (Lipinski definition) is 11. The maximum Gasteiger partial charge on any atom is 0.329 e. The van der Waals surface area contributed by atoms with Gasteiger partial charge < -0.3 is 10.2 Å². The molecule has 0 radical (unpaired) electrons. The van der Waals surface area contributed by atoms with Crippen LogP contribution in [0.3, 0.4) is 0 Å². The molecule has 1 spiro atoms. The van der Waals surface area contributed by atoms with E-state index in [0.29, 0.717) is 56.2 Å². The van der Waals surface area contributed by atoms with Gasteiger partial charge in [-0.05, 0) is 81.4 Å². The quantitative estimate of drug-likeness (QED) is 0.230. The van der Waals surface area contributed by atoms with Gasteiger partial charge in [-0.2, -0.15) is 4.98 Å². The summed E-state index contributed by atoms with van der Waals surface area (Å²) in [5, 5.41) is 5.95. The summed E-state index contributed by atoms with van der Waals surface area (Å²) in [7, 11) is 1.69. The van der Waals surface area contributed by atoms with E-state index in [2.05, 4.69) is 26.2 Å². The number of fused-ring (bicyclic) bond motifs is 3. The summed E-state index contributed by atoms with van der Waals surface area (Å²) in [6, 6.07) is 5.60. The number of imide groups is 1. The molecule has 3 saturated heterocycles. The van der Waals surface area contributed by atoms with E-state index in [1.165, 1.54) is 11.0 Å². The molecule has 3 atom stereocenters. The third-order valence-corrected chi connectivity index (χ3v) is 14.4. The number of aromatic nitrogens is 4. The van der Waals surface area contributed by atoms with Crippen molar-refractivity contribution in [1.29, 1.82) is 0 Å². The number of piperazine rings is 1. The van der Waals surface area contributed by atoms with E-state index in [9.17, 15) is 24.0 Å². The molecule has 2 aliphatic carbocycles. The van der Waals surface area contributed by atoms with Gasteiger partial charge in [-0.3, -0.25) is 38.5 Å². The summed E-state index contributed by atoms with van der Waals surface area (Å²) in [5.74, 6) is 1.64. The van der Waals surface area contributed by atoms with Crippen LogP contribution in [0.1, 0.15) is 94.7 Å². The van der Waals surface area contributed by atoms with E-state index in [1.54, 1.807) is 23.7 Å². The van der Waals surface area contributed by atoms with Crippen LogP contribution in [0.2, 0.25) is 0 Å². The van der Waals surface area contributed by atoms with Crippen LogP contribution in [0.15, 0.2) is 29.2 Å². The van der Waals surface area contributed by atoms with E-state index in [4.69, 9.17) is 9.97 Å². The lowest BCUT2D eigenvalue weighted by Crippen LogP contribution is -2.48. The lowest BCUT2D eigenvalue weighted by molar-refractivity contribution is -0.136. The number of carbonyl (C=O) groups excluding carboxylic acids is 4. The predicted molar refractivity (Wildman–Crippen MR) is 213 cm³/mol. The van der Waals surface area contributed by atoms with Crippen LogP contribution in [0.25, 0.3) is 11.0 Å². The minimum Gasteiger partial charge on any atom is -0.351 e. The molecule has 4 amide bonds. The standard InChI is InChI=1S/C40H52N10O5S/c1-25-5-3-7-29(25)50-35-28(40(15-16-40)37(50)54)24-41-38(44-35)42-27-13-17-47(18-14-27)56-48-21-19-46(20-22-48)34(52)8-4-6-26-9-10-30-32(23-26)45(2)39(55)49(30)31-11-12-33(51)43-36(31)53/h9-10,23-25,27,29,31H,3-8,11-22H2,1-2H3,(H,41,42,44)(H,43,51,53). The number of nitrogens with zero attached hydrogens (tertiary/aromatic N) is 8. The first-order valence-corrected chi connectivity index (χ1v) is 21.3. The van der Waals surface area contributed by atoms with Gasteiger partial charge in [0.1, 0.15) is 11.9 Å². The van der Waals surface area contributed by atoms with Crippen molar-refractivity contribution in [2.75, 3.05) is 49.5 Å². The average molecular weight is 785 g/mol. The summed E-state index contributed by atoms with van der Waals surface area (Å²) in [6.07, 6.45) is 11.5. The summed E-state index contributed by atoms with van der Waals surface area (Å²) < 4.78 is 7.82. The molecule has 6 heterocycles. The molecular weight excluding hydrogens is 733 g/mol. The van der Waals surface area contributed by atoms with Crippen LogP contribution in [0.4, 0.5) is 11.8 Å². The van der Waals surface area contributed by atoms with Gasteiger partial charge in [-0.1, -0.05) is 19.4 Å². The number of amides is 4. The first-order valence-electron chi connectivity index (χ1n) is 20.6. The Morgan fingerprint density at radius 2 is 1.73 bits per heavy atom. The molecule has 0 bridgehead atoms. The highest BCUT2D eigenvalue weighted by Crippen LogP contribution is 2.58. The topological polar surface area (TPSA) is 158 Å². The highest BCUT2D eigenvalue weighted by Gasteiger charge is 2.62. The maximum absolute atomic E-state index is 13.6. The molecule has 56 heavy (non-hydrogen) atoms. The second kappa shape index (κ2) is 14.9. The van der Waals surface area contributed by atoms with Crippen molar-refractivity contribution in [3.05, 3.63) is 46.0 Å². The molecule has 2 N–H and O–H groups in total. The number of imidazole rings is 1. The van der Waals surface area contributed by atoms with E-state index >= 15 is 0 Å². The van der Waals surface area contributed by atoms with Crippen LogP contribution in [0, 0.1) is 5.92 Å². The summed E-state index contributed by atoms with van der Waals surface area (Å²) in [5.41, 5.74) is 2.82. The first kappa shape index (κ1) is 37.3. The molecule has 4 aliphatic heterocycles.